The van der Waals surface area contributed by atoms with Gasteiger partial charge >= 0.3 is 0 Å². The molecular formula is C24H22N4O4S2. The maximum atomic E-state index is 13.1. The van der Waals surface area contributed by atoms with E-state index in [1.165, 1.54) is 38.7 Å². The molecule has 2 aromatic carbocycles. The minimum absolute atomic E-state index is 0.198. The standard InChI is InChI=1S/C24H22N4O4S2/c29-21(26-18-8-10-19(11-9-18)34(31,32)28-12-4-5-13-28)14-27-16-25-23-22(24(27)30)20(15-33-23)17-6-2-1-3-7-17/h1-3,6-11,15-16H,4-5,12-14H2,(H,26,29). The first-order chi connectivity index (χ1) is 16.4. The van der Waals surface area contributed by atoms with E-state index in [2.05, 4.69) is 10.3 Å². The molecule has 10 heteroatoms. The van der Waals surface area contributed by atoms with Crippen LogP contribution in [0.5, 0.6) is 0 Å². The Morgan fingerprint density at radius 1 is 1.03 bits per heavy atom. The number of nitrogens with one attached hydrogen (secondary N) is 1. The van der Waals surface area contributed by atoms with Crippen molar-refractivity contribution in [3.05, 3.63) is 76.7 Å². The van der Waals surface area contributed by atoms with Crippen LogP contribution in [0, 0.1) is 0 Å². The van der Waals surface area contributed by atoms with E-state index in [4.69, 9.17) is 0 Å². The number of nitrogens with zero attached hydrogens (tertiary/aromatic N) is 3. The summed E-state index contributed by atoms with van der Waals surface area (Å²) < 4.78 is 28.1. The molecular weight excluding hydrogens is 472 g/mol. The number of hydrogen-bond acceptors (Lipinski definition) is 6. The second-order valence-electron chi connectivity index (χ2n) is 8.06. The number of anilines is 1. The van der Waals surface area contributed by atoms with Crippen LogP contribution in [0.1, 0.15) is 12.8 Å². The Bertz CT molecular complexity index is 1500. The summed E-state index contributed by atoms with van der Waals surface area (Å²) in [6.07, 6.45) is 3.11. The monoisotopic (exact) mass is 494 g/mol. The topological polar surface area (TPSA) is 101 Å². The number of carbonyl (C=O) groups excluding carboxylic acids is 1. The maximum absolute atomic E-state index is 13.1. The van der Waals surface area contributed by atoms with Crippen molar-refractivity contribution in [1.82, 2.24) is 13.9 Å². The fourth-order valence-electron chi connectivity index (χ4n) is 4.05. The van der Waals surface area contributed by atoms with Crippen molar-refractivity contribution in [2.75, 3.05) is 18.4 Å². The molecule has 34 heavy (non-hydrogen) atoms. The van der Waals surface area contributed by atoms with Crippen LogP contribution in [-0.2, 0) is 21.4 Å². The Morgan fingerprint density at radius 3 is 2.44 bits per heavy atom. The first-order valence-electron chi connectivity index (χ1n) is 10.9. The molecule has 1 aliphatic rings. The van der Waals surface area contributed by atoms with E-state index in [1.54, 1.807) is 12.1 Å². The molecule has 1 aliphatic heterocycles. The maximum Gasteiger partial charge on any atom is 0.263 e. The van der Waals surface area contributed by atoms with Crippen molar-refractivity contribution >= 4 is 43.2 Å². The first kappa shape index (κ1) is 22.5. The molecule has 1 fully saturated rings. The summed E-state index contributed by atoms with van der Waals surface area (Å²) >= 11 is 1.39. The summed E-state index contributed by atoms with van der Waals surface area (Å²) in [4.78, 5) is 30.9. The number of fused-ring (bicyclic) bond motifs is 1. The molecule has 0 atom stereocenters. The molecule has 1 saturated heterocycles. The molecule has 8 nitrogen and oxygen atoms in total. The van der Waals surface area contributed by atoms with Crippen LogP contribution in [0.3, 0.4) is 0 Å². The zero-order valence-electron chi connectivity index (χ0n) is 18.2. The van der Waals surface area contributed by atoms with Crippen LogP contribution in [0.15, 0.2) is 76.0 Å². The van der Waals surface area contributed by atoms with E-state index in [-0.39, 0.29) is 17.0 Å². The van der Waals surface area contributed by atoms with Gasteiger partial charge in [0.2, 0.25) is 15.9 Å². The van der Waals surface area contributed by atoms with E-state index in [0.717, 1.165) is 24.0 Å². The lowest BCUT2D eigenvalue weighted by Crippen LogP contribution is -2.28. The third kappa shape index (κ3) is 4.27. The predicted molar refractivity (Wildman–Crippen MR) is 132 cm³/mol. The van der Waals surface area contributed by atoms with Crippen molar-refractivity contribution < 1.29 is 13.2 Å². The second-order valence-corrected chi connectivity index (χ2v) is 10.9. The van der Waals surface area contributed by atoms with Crippen LogP contribution in [0.25, 0.3) is 21.3 Å². The molecule has 5 rings (SSSR count). The van der Waals surface area contributed by atoms with Crippen LogP contribution in [-0.4, -0.2) is 41.3 Å². The minimum Gasteiger partial charge on any atom is -0.325 e. The molecule has 0 unspecified atom stereocenters. The number of rotatable bonds is 6. The lowest BCUT2D eigenvalue weighted by molar-refractivity contribution is -0.116. The molecule has 0 spiro atoms. The smallest absolute Gasteiger partial charge is 0.263 e. The van der Waals surface area contributed by atoms with Gasteiger partial charge in [-0.3, -0.25) is 14.2 Å². The lowest BCUT2D eigenvalue weighted by atomic mass is 10.1. The zero-order chi connectivity index (χ0) is 23.7. The summed E-state index contributed by atoms with van der Waals surface area (Å²) in [6, 6.07) is 15.7. The minimum atomic E-state index is -3.51. The number of carbonyl (C=O) groups is 1. The summed E-state index contributed by atoms with van der Waals surface area (Å²) in [5.74, 6) is -0.408. The molecule has 2 aromatic heterocycles. The summed E-state index contributed by atoms with van der Waals surface area (Å²) in [6.45, 7) is 0.855. The van der Waals surface area contributed by atoms with Gasteiger partial charge in [-0.25, -0.2) is 13.4 Å². The quantitative estimate of drug-likeness (QED) is 0.442. The van der Waals surface area contributed by atoms with Crippen molar-refractivity contribution in [1.29, 1.82) is 0 Å². The van der Waals surface area contributed by atoms with Gasteiger partial charge in [-0.15, -0.1) is 11.3 Å². The fraction of sp³-hybridized carbons (Fsp3) is 0.208. The van der Waals surface area contributed by atoms with Gasteiger partial charge in [-0.1, -0.05) is 30.3 Å². The molecule has 1 N–H and O–H groups in total. The van der Waals surface area contributed by atoms with Gasteiger partial charge in [-0.05, 0) is 42.7 Å². The molecule has 1 amide bonds. The number of benzene rings is 2. The molecule has 3 heterocycles. The molecule has 0 bridgehead atoms. The first-order valence-corrected chi connectivity index (χ1v) is 13.2. The van der Waals surface area contributed by atoms with Gasteiger partial charge in [0, 0.05) is 29.7 Å². The highest BCUT2D eigenvalue weighted by Crippen LogP contribution is 2.30. The Balaban J connectivity index is 1.33. The van der Waals surface area contributed by atoms with E-state index in [9.17, 15) is 18.0 Å². The van der Waals surface area contributed by atoms with Crippen LogP contribution in [0.2, 0.25) is 0 Å². The Morgan fingerprint density at radius 2 is 1.74 bits per heavy atom. The molecule has 0 aliphatic carbocycles. The number of amides is 1. The highest BCUT2D eigenvalue weighted by Gasteiger charge is 2.27. The molecule has 174 valence electrons. The summed E-state index contributed by atoms with van der Waals surface area (Å²) in [7, 11) is -3.51. The zero-order valence-corrected chi connectivity index (χ0v) is 19.8. The predicted octanol–water partition coefficient (Wildman–Crippen LogP) is 3.55. The van der Waals surface area contributed by atoms with Crippen molar-refractivity contribution in [3.8, 4) is 11.1 Å². The molecule has 4 aromatic rings. The summed E-state index contributed by atoms with van der Waals surface area (Å²) in [5, 5.41) is 5.11. The van der Waals surface area contributed by atoms with Crippen LogP contribution in [0.4, 0.5) is 5.69 Å². The van der Waals surface area contributed by atoms with Gasteiger partial charge in [0.25, 0.3) is 5.56 Å². The van der Waals surface area contributed by atoms with Crippen molar-refractivity contribution in [2.45, 2.75) is 24.3 Å². The van der Waals surface area contributed by atoms with Crippen molar-refractivity contribution in [3.63, 3.8) is 0 Å². The van der Waals surface area contributed by atoms with E-state index >= 15 is 0 Å². The Hall–Kier alpha value is -3.34. The van der Waals surface area contributed by atoms with Gasteiger partial charge in [-0.2, -0.15) is 4.31 Å². The average Bonchev–Trinajstić information content (AvgIpc) is 3.53. The highest BCUT2D eigenvalue weighted by molar-refractivity contribution is 7.89. The number of thiophene rings is 1. The average molecular weight is 495 g/mol. The molecule has 0 radical (unpaired) electrons. The van der Waals surface area contributed by atoms with Gasteiger partial charge < -0.3 is 5.32 Å². The van der Waals surface area contributed by atoms with Gasteiger partial charge in [0.15, 0.2) is 0 Å². The lowest BCUT2D eigenvalue weighted by Gasteiger charge is -2.15. The van der Waals surface area contributed by atoms with E-state index in [0.29, 0.717) is 29.0 Å². The SMILES string of the molecule is O=C(Cn1cnc2scc(-c3ccccc3)c2c1=O)Nc1ccc(S(=O)(=O)N2CCCC2)cc1. The number of sulfonamides is 1. The normalized spacial score (nSPS) is 14.5. The number of aromatic nitrogens is 2. The second kappa shape index (κ2) is 9.13. The Labute approximate surface area is 200 Å². The van der Waals surface area contributed by atoms with Gasteiger partial charge in [0.05, 0.1) is 16.6 Å². The summed E-state index contributed by atoms with van der Waals surface area (Å²) in [5.41, 5.74) is 1.88. The van der Waals surface area contributed by atoms with E-state index < -0.39 is 15.9 Å². The largest absolute Gasteiger partial charge is 0.325 e. The van der Waals surface area contributed by atoms with Gasteiger partial charge in [0.1, 0.15) is 11.4 Å². The third-order valence-corrected chi connectivity index (χ3v) is 8.60. The highest BCUT2D eigenvalue weighted by atomic mass is 32.2. The van der Waals surface area contributed by atoms with E-state index in [1.807, 2.05) is 35.7 Å². The number of hydrogen-bond donors (Lipinski definition) is 1. The fourth-order valence-corrected chi connectivity index (χ4v) is 6.48. The molecule has 0 saturated carbocycles. The third-order valence-electron chi connectivity index (χ3n) is 5.80. The van der Waals surface area contributed by atoms with Crippen molar-refractivity contribution in [2.24, 2.45) is 0 Å². The van der Waals surface area contributed by atoms with Crippen LogP contribution < -0.4 is 10.9 Å². The Kier molecular flexibility index (Phi) is 6.03. The van der Waals surface area contributed by atoms with Crippen LogP contribution >= 0.6 is 11.3 Å².